The topological polar surface area (TPSA) is 77.0 Å². The maximum atomic E-state index is 12.8. The molecule has 1 aliphatic heterocycles. The summed E-state index contributed by atoms with van der Waals surface area (Å²) in [6.07, 6.45) is 7.14. The molecule has 1 saturated carbocycles. The van der Waals surface area contributed by atoms with E-state index in [2.05, 4.69) is 60.4 Å². The van der Waals surface area contributed by atoms with Gasteiger partial charge in [-0.15, -0.1) is 24.0 Å². The summed E-state index contributed by atoms with van der Waals surface area (Å²) in [5.74, 6) is 1.88. The Hall–Kier alpha value is -1.16. The Balaban J connectivity index is 0.00000363. The predicted octanol–water partition coefficient (Wildman–Crippen LogP) is 2.72. The summed E-state index contributed by atoms with van der Waals surface area (Å²) in [5.41, 5.74) is 0. The van der Waals surface area contributed by atoms with E-state index in [1.54, 1.807) is 7.05 Å². The Kier molecular flexibility index (Phi) is 10.4. The third-order valence-corrected chi connectivity index (χ3v) is 7.21. The van der Waals surface area contributed by atoms with Crippen LogP contribution in [-0.4, -0.2) is 73.4 Å². The smallest absolute Gasteiger partial charge is 0.233 e. The van der Waals surface area contributed by atoms with Crippen LogP contribution in [0.1, 0.15) is 47.0 Å². The maximum absolute atomic E-state index is 12.8. The van der Waals surface area contributed by atoms with Crippen LogP contribution in [-0.2, 0) is 9.59 Å². The van der Waals surface area contributed by atoms with Gasteiger partial charge in [0.1, 0.15) is 0 Å². The molecule has 2 N–H and O–H groups in total. The molecule has 7 nitrogen and oxygen atoms in total. The van der Waals surface area contributed by atoms with E-state index in [9.17, 15) is 9.59 Å². The van der Waals surface area contributed by atoms with Crippen molar-refractivity contribution in [2.24, 2.45) is 34.6 Å². The van der Waals surface area contributed by atoms with Crippen molar-refractivity contribution >= 4 is 41.8 Å². The van der Waals surface area contributed by atoms with E-state index in [4.69, 9.17) is 0 Å². The normalized spacial score (nSPS) is 27.3. The molecule has 1 heterocycles. The number of aliphatic imine (C=N–C) groups is 1. The first-order chi connectivity index (χ1) is 14.9. The van der Waals surface area contributed by atoms with Crippen LogP contribution < -0.4 is 10.6 Å². The molecule has 5 atom stereocenters. The van der Waals surface area contributed by atoms with Gasteiger partial charge in [-0.05, 0) is 50.1 Å². The van der Waals surface area contributed by atoms with Crippen LogP contribution in [0.25, 0.3) is 0 Å². The minimum atomic E-state index is -0.0946. The molecule has 3 rings (SSSR count). The molecule has 5 unspecified atom stereocenters. The van der Waals surface area contributed by atoms with Crippen LogP contribution in [0, 0.1) is 29.6 Å². The molecule has 0 aromatic carbocycles. The second kappa shape index (κ2) is 12.3. The van der Waals surface area contributed by atoms with Crippen LogP contribution >= 0.6 is 24.0 Å². The van der Waals surface area contributed by atoms with E-state index in [0.29, 0.717) is 25.0 Å². The number of likely N-dealkylation sites (N-methyl/N-ethyl adjacent to an activating group) is 1. The van der Waals surface area contributed by atoms with Crippen molar-refractivity contribution in [1.82, 2.24) is 20.4 Å². The summed E-state index contributed by atoms with van der Waals surface area (Å²) in [4.78, 5) is 33.9. The van der Waals surface area contributed by atoms with Gasteiger partial charge in [0.2, 0.25) is 11.8 Å². The molecule has 2 bridgehead atoms. The summed E-state index contributed by atoms with van der Waals surface area (Å²) in [6.45, 7) is 13.0. The highest BCUT2D eigenvalue weighted by molar-refractivity contribution is 14.0. The third kappa shape index (κ3) is 5.85. The lowest BCUT2D eigenvalue weighted by Gasteiger charge is -2.31. The van der Waals surface area contributed by atoms with E-state index < -0.39 is 0 Å². The van der Waals surface area contributed by atoms with E-state index in [1.807, 2.05) is 0 Å². The highest BCUT2D eigenvalue weighted by Crippen LogP contribution is 2.52. The number of hydrogen-bond donors (Lipinski definition) is 2. The lowest BCUT2D eigenvalue weighted by molar-refractivity contribution is -0.140. The Morgan fingerprint density at radius 2 is 1.72 bits per heavy atom. The minimum Gasteiger partial charge on any atom is -0.356 e. The Morgan fingerprint density at radius 3 is 2.22 bits per heavy atom. The number of guanidine groups is 1. The first kappa shape index (κ1) is 27.1. The van der Waals surface area contributed by atoms with Crippen LogP contribution in [0.4, 0.5) is 0 Å². The van der Waals surface area contributed by atoms with Crippen LogP contribution in [0.5, 0.6) is 0 Å². The molecule has 0 aromatic rings. The zero-order valence-corrected chi connectivity index (χ0v) is 22.7. The van der Waals surface area contributed by atoms with Crippen molar-refractivity contribution in [2.75, 3.05) is 39.8 Å². The number of nitrogens with one attached hydrogen (secondary N) is 2. The van der Waals surface area contributed by atoms with Crippen LogP contribution in [0.15, 0.2) is 17.1 Å². The van der Waals surface area contributed by atoms with Gasteiger partial charge in [-0.3, -0.25) is 24.4 Å². The van der Waals surface area contributed by atoms with Gasteiger partial charge in [-0.2, -0.15) is 0 Å². The summed E-state index contributed by atoms with van der Waals surface area (Å²) in [5, 5.41) is 6.81. The van der Waals surface area contributed by atoms with Crippen molar-refractivity contribution in [3.8, 4) is 0 Å². The van der Waals surface area contributed by atoms with E-state index in [1.165, 1.54) is 4.90 Å². The highest BCUT2D eigenvalue weighted by Gasteiger charge is 2.58. The molecule has 1 saturated heterocycles. The van der Waals surface area contributed by atoms with E-state index in [0.717, 1.165) is 44.9 Å². The number of rotatable bonds is 11. The molecular formula is C24H42IN5O2. The Morgan fingerprint density at radius 1 is 1.12 bits per heavy atom. The molecule has 0 aromatic heterocycles. The van der Waals surface area contributed by atoms with Gasteiger partial charge in [-0.1, -0.05) is 39.8 Å². The third-order valence-electron chi connectivity index (χ3n) is 7.21. The van der Waals surface area contributed by atoms with Crippen molar-refractivity contribution in [2.45, 2.75) is 53.0 Å². The lowest BCUT2D eigenvalue weighted by Crippen LogP contribution is -2.48. The number of fused-ring (bicyclic) bond motifs is 5. The molecule has 2 aliphatic carbocycles. The van der Waals surface area contributed by atoms with Crippen LogP contribution in [0.3, 0.4) is 0 Å². The lowest BCUT2D eigenvalue weighted by atomic mass is 9.85. The number of imide groups is 1. The number of hydrogen-bond acceptors (Lipinski definition) is 4. The molecule has 0 radical (unpaired) electrons. The minimum absolute atomic E-state index is 0. The SMILES string of the molecule is CCN(CC)C(CNC(=NC)NCCCN1C(=O)C2C3C=CC(C3)C2C1=O)CC(C)C.I. The summed E-state index contributed by atoms with van der Waals surface area (Å²) in [6, 6.07) is 0.469. The van der Waals surface area contributed by atoms with Gasteiger partial charge >= 0.3 is 0 Å². The van der Waals surface area contributed by atoms with Gasteiger partial charge in [0.05, 0.1) is 11.8 Å². The van der Waals surface area contributed by atoms with Gasteiger partial charge < -0.3 is 10.6 Å². The standard InChI is InChI=1S/C24H41N5O2.HI/c1-6-28(7-2)19(13-16(3)4)15-27-24(25-5)26-11-8-12-29-22(30)20-17-9-10-18(14-17)21(20)23(29)31;/h9-10,16-21H,6-8,11-15H2,1-5H3,(H2,25,26,27);1H. The first-order valence-electron chi connectivity index (χ1n) is 12.1. The molecule has 8 heteroatoms. The van der Waals surface area contributed by atoms with Gasteiger partial charge in [-0.25, -0.2) is 0 Å². The first-order valence-corrected chi connectivity index (χ1v) is 12.1. The molecule has 32 heavy (non-hydrogen) atoms. The molecule has 2 amide bonds. The summed E-state index contributed by atoms with van der Waals surface area (Å²) >= 11 is 0. The zero-order chi connectivity index (χ0) is 22.5. The Labute approximate surface area is 210 Å². The average Bonchev–Trinajstić information content (AvgIpc) is 3.42. The predicted molar refractivity (Wildman–Crippen MR) is 140 cm³/mol. The highest BCUT2D eigenvalue weighted by atomic mass is 127. The van der Waals surface area contributed by atoms with Gasteiger partial charge in [0, 0.05) is 32.7 Å². The summed E-state index contributed by atoms with van der Waals surface area (Å²) in [7, 11) is 1.78. The quantitative estimate of drug-likeness (QED) is 0.102. The number of carbonyl (C=O) groups excluding carboxylic acids is 2. The second-order valence-electron chi connectivity index (χ2n) is 9.57. The fourth-order valence-electron chi connectivity index (χ4n) is 5.71. The van der Waals surface area contributed by atoms with Crippen molar-refractivity contribution in [3.05, 3.63) is 12.2 Å². The molecular weight excluding hydrogens is 517 g/mol. The molecule has 2 fully saturated rings. The molecule has 182 valence electrons. The molecule has 0 spiro atoms. The van der Waals surface area contributed by atoms with Crippen LogP contribution in [0.2, 0.25) is 0 Å². The maximum Gasteiger partial charge on any atom is 0.233 e. The number of allylic oxidation sites excluding steroid dienone is 2. The van der Waals surface area contributed by atoms with Crippen molar-refractivity contribution < 1.29 is 9.59 Å². The number of amides is 2. The Bertz CT molecular complexity index is 677. The van der Waals surface area contributed by atoms with Crippen molar-refractivity contribution in [3.63, 3.8) is 0 Å². The number of carbonyl (C=O) groups is 2. The zero-order valence-electron chi connectivity index (χ0n) is 20.3. The second-order valence-corrected chi connectivity index (χ2v) is 9.57. The molecule has 3 aliphatic rings. The van der Waals surface area contributed by atoms with E-state index in [-0.39, 0.29) is 59.5 Å². The number of likely N-dealkylation sites (tertiary alicyclic amines) is 1. The van der Waals surface area contributed by atoms with Crippen molar-refractivity contribution in [1.29, 1.82) is 0 Å². The van der Waals surface area contributed by atoms with E-state index >= 15 is 0 Å². The monoisotopic (exact) mass is 559 g/mol. The fourth-order valence-corrected chi connectivity index (χ4v) is 5.71. The number of nitrogens with zero attached hydrogens (tertiary/aromatic N) is 3. The largest absolute Gasteiger partial charge is 0.356 e. The number of halogens is 1. The van der Waals surface area contributed by atoms with Gasteiger partial charge in [0.15, 0.2) is 5.96 Å². The summed E-state index contributed by atoms with van der Waals surface area (Å²) < 4.78 is 0. The average molecular weight is 560 g/mol. The fraction of sp³-hybridized carbons (Fsp3) is 0.792. The van der Waals surface area contributed by atoms with Gasteiger partial charge in [0.25, 0.3) is 0 Å².